The van der Waals surface area contributed by atoms with E-state index in [4.69, 9.17) is 9.84 Å². The normalized spacial score (nSPS) is 21.6. The van der Waals surface area contributed by atoms with Crippen molar-refractivity contribution in [2.45, 2.75) is 36.3 Å². The number of rotatable bonds is 4. The molecule has 1 aromatic carbocycles. The van der Waals surface area contributed by atoms with Crippen molar-refractivity contribution >= 4 is 21.8 Å². The van der Waals surface area contributed by atoms with Gasteiger partial charge in [0.25, 0.3) is 5.91 Å². The summed E-state index contributed by atoms with van der Waals surface area (Å²) in [5.41, 5.74) is 0. The van der Waals surface area contributed by atoms with Gasteiger partial charge in [-0.25, -0.2) is 17.6 Å². The first kappa shape index (κ1) is 19.4. The predicted octanol–water partition coefficient (Wildman–Crippen LogP) is 1.35. The van der Waals surface area contributed by atoms with Gasteiger partial charge in [0.15, 0.2) is 27.5 Å². The topological polar surface area (TPSA) is 104 Å². The fraction of sp³-hybridized carbons (Fsp3) is 0.529. The third-order valence-electron chi connectivity index (χ3n) is 4.97. The molecular formula is C17H21FN2O6S. The Morgan fingerprint density at radius 1 is 1.22 bits per heavy atom. The van der Waals surface area contributed by atoms with Crippen molar-refractivity contribution in [3.8, 4) is 5.75 Å². The lowest BCUT2D eigenvalue weighted by Gasteiger charge is -2.35. The third kappa shape index (κ3) is 4.15. The zero-order chi connectivity index (χ0) is 19.8. The van der Waals surface area contributed by atoms with E-state index in [2.05, 4.69) is 0 Å². The van der Waals surface area contributed by atoms with Gasteiger partial charge in [0.2, 0.25) is 0 Å². The van der Waals surface area contributed by atoms with Crippen molar-refractivity contribution in [2.75, 3.05) is 25.9 Å². The highest BCUT2D eigenvalue weighted by Gasteiger charge is 2.39. The maximum absolute atomic E-state index is 14.2. The molecule has 3 rings (SSSR count). The molecule has 8 nitrogen and oxygen atoms in total. The SMILES string of the molecule is CS(=O)(=O)c1ccc(OC2CCN(C3CCN(C(=O)O)CC3)C2=O)c(F)c1. The monoisotopic (exact) mass is 400 g/mol. The van der Waals surface area contributed by atoms with Crippen LogP contribution in [0, 0.1) is 5.82 Å². The van der Waals surface area contributed by atoms with Gasteiger partial charge in [-0.15, -0.1) is 0 Å². The van der Waals surface area contributed by atoms with E-state index < -0.39 is 27.9 Å². The number of ether oxygens (including phenoxy) is 1. The summed E-state index contributed by atoms with van der Waals surface area (Å²) in [6.45, 7) is 1.21. The lowest BCUT2D eigenvalue weighted by Crippen LogP contribution is -2.48. The van der Waals surface area contributed by atoms with Gasteiger partial charge in [-0.05, 0) is 31.0 Å². The molecule has 0 aromatic heterocycles. The van der Waals surface area contributed by atoms with E-state index in [9.17, 15) is 22.4 Å². The predicted molar refractivity (Wildman–Crippen MR) is 92.9 cm³/mol. The summed E-state index contributed by atoms with van der Waals surface area (Å²) in [6, 6.07) is 3.28. The standard InChI is InChI=1S/C17H21FN2O6S/c1-27(24,25)12-2-3-14(13(18)10-12)26-15-6-9-20(16(15)21)11-4-7-19(8-5-11)17(22)23/h2-3,10-11,15H,4-9H2,1H3,(H,22,23). The Balaban J connectivity index is 1.63. The summed E-state index contributed by atoms with van der Waals surface area (Å²) in [5, 5.41) is 9.00. The molecule has 0 saturated carbocycles. The highest BCUT2D eigenvalue weighted by molar-refractivity contribution is 7.90. The van der Waals surface area contributed by atoms with Gasteiger partial charge in [0.1, 0.15) is 0 Å². The molecule has 10 heteroatoms. The Bertz CT molecular complexity index is 851. The summed E-state index contributed by atoms with van der Waals surface area (Å²) in [5.74, 6) is -1.25. The van der Waals surface area contributed by atoms with Crippen LogP contribution in [-0.2, 0) is 14.6 Å². The summed E-state index contributed by atoms with van der Waals surface area (Å²) in [4.78, 5) is 26.4. The van der Waals surface area contributed by atoms with E-state index in [0.29, 0.717) is 38.9 Å². The molecule has 2 aliphatic rings. The van der Waals surface area contributed by atoms with Crippen molar-refractivity contribution in [1.29, 1.82) is 0 Å². The molecule has 2 amide bonds. The second-order valence-corrected chi connectivity index (χ2v) is 8.81. The number of likely N-dealkylation sites (tertiary alicyclic amines) is 2. The number of piperidine rings is 1. The van der Waals surface area contributed by atoms with E-state index in [1.165, 1.54) is 17.0 Å². The first-order chi connectivity index (χ1) is 12.7. The molecule has 27 heavy (non-hydrogen) atoms. The Morgan fingerprint density at radius 3 is 2.44 bits per heavy atom. The van der Waals surface area contributed by atoms with Gasteiger partial charge < -0.3 is 19.6 Å². The second kappa shape index (κ2) is 7.34. The lowest BCUT2D eigenvalue weighted by molar-refractivity contribution is -0.136. The van der Waals surface area contributed by atoms with E-state index >= 15 is 0 Å². The lowest BCUT2D eigenvalue weighted by atomic mass is 10.0. The smallest absolute Gasteiger partial charge is 0.407 e. The molecule has 2 aliphatic heterocycles. The summed E-state index contributed by atoms with van der Waals surface area (Å²) < 4.78 is 42.6. The van der Waals surface area contributed by atoms with Crippen LogP contribution in [0.15, 0.2) is 23.1 Å². The molecular weight excluding hydrogens is 379 g/mol. The highest BCUT2D eigenvalue weighted by Crippen LogP contribution is 2.28. The Labute approximate surface area is 156 Å². The van der Waals surface area contributed by atoms with Gasteiger partial charge in [0.05, 0.1) is 4.90 Å². The van der Waals surface area contributed by atoms with Crippen LogP contribution in [0.2, 0.25) is 0 Å². The first-order valence-electron chi connectivity index (χ1n) is 8.61. The molecule has 0 bridgehead atoms. The average Bonchev–Trinajstić information content (AvgIpc) is 2.96. The van der Waals surface area contributed by atoms with Crippen LogP contribution in [0.5, 0.6) is 5.75 Å². The largest absolute Gasteiger partial charge is 0.477 e. The van der Waals surface area contributed by atoms with Crippen molar-refractivity contribution in [1.82, 2.24) is 9.80 Å². The molecule has 0 spiro atoms. The molecule has 1 N–H and O–H groups in total. The number of halogens is 1. The number of sulfone groups is 1. The number of hydrogen-bond acceptors (Lipinski definition) is 5. The number of carbonyl (C=O) groups is 2. The molecule has 0 aliphatic carbocycles. The van der Waals surface area contributed by atoms with Crippen LogP contribution in [0.3, 0.4) is 0 Å². The van der Waals surface area contributed by atoms with Crippen molar-refractivity contribution in [3.05, 3.63) is 24.0 Å². The van der Waals surface area contributed by atoms with Crippen LogP contribution in [0.1, 0.15) is 19.3 Å². The number of amides is 2. The maximum Gasteiger partial charge on any atom is 0.407 e. The van der Waals surface area contributed by atoms with Crippen LogP contribution >= 0.6 is 0 Å². The van der Waals surface area contributed by atoms with Crippen LogP contribution in [-0.4, -0.2) is 73.4 Å². The minimum Gasteiger partial charge on any atom is -0.477 e. The first-order valence-corrected chi connectivity index (χ1v) is 10.5. The fourth-order valence-corrected chi connectivity index (χ4v) is 4.11. The zero-order valence-corrected chi connectivity index (χ0v) is 15.6. The van der Waals surface area contributed by atoms with Gasteiger partial charge in [-0.3, -0.25) is 4.79 Å². The molecule has 1 atom stereocenters. The second-order valence-electron chi connectivity index (χ2n) is 6.79. The van der Waals surface area contributed by atoms with Crippen LogP contribution in [0.25, 0.3) is 0 Å². The molecule has 148 valence electrons. The molecule has 1 aromatic rings. The van der Waals surface area contributed by atoms with Crippen molar-refractivity contribution in [2.24, 2.45) is 0 Å². The van der Waals surface area contributed by atoms with E-state index in [1.54, 1.807) is 4.90 Å². The minimum atomic E-state index is -3.53. The number of carboxylic acid groups (broad SMARTS) is 1. The van der Waals surface area contributed by atoms with E-state index in [1.807, 2.05) is 0 Å². The average molecular weight is 400 g/mol. The number of hydrogen-bond donors (Lipinski definition) is 1. The van der Waals surface area contributed by atoms with Gasteiger partial charge >= 0.3 is 6.09 Å². The summed E-state index contributed by atoms with van der Waals surface area (Å²) in [6.07, 6.45) is 0.697. The Morgan fingerprint density at radius 2 is 1.89 bits per heavy atom. The third-order valence-corrected chi connectivity index (χ3v) is 6.08. The fourth-order valence-electron chi connectivity index (χ4n) is 3.48. The van der Waals surface area contributed by atoms with Gasteiger partial charge in [-0.2, -0.15) is 0 Å². The molecule has 0 radical (unpaired) electrons. The van der Waals surface area contributed by atoms with Crippen molar-refractivity contribution < 1.29 is 32.2 Å². The quantitative estimate of drug-likeness (QED) is 0.818. The van der Waals surface area contributed by atoms with Crippen molar-refractivity contribution in [3.63, 3.8) is 0 Å². The number of nitrogens with zero attached hydrogens (tertiary/aromatic N) is 2. The summed E-state index contributed by atoms with van der Waals surface area (Å²) in [7, 11) is -3.53. The van der Waals surface area contributed by atoms with Gasteiger partial charge in [-0.1, -0.05) is 0 Å². The molecule has 2 saturated heterocycles. The molecule has 1 unspecified atom stereocenters. The molecule has 2 heterocycles. The van der Waals surface area contributed by atoms with E-state index in [-0.39, 0.29) is 22.6 Å². The van der Waals surface area contributed by atoms with Gasteiger partial charge in [0, 0.05) is 38.4 Å². The molecule has 2 fully saturated rings. The Hall–Kier alpha value is -2.36. The highest BCUT2D eigenvalue weighted by atomic mass is 32.2. The zero-order valence-electron chi connectivity index (χ0n) is 14.8. The Kier molecular flexibility index (Phi) is 5.27. The van der Waals surface area contributed by atoms with E-state index in [0.717, 1.165) is 12.3 Å². The van der Waals surface area contributed by atoms with Crippen LogP contribution in [0.4, 0.5) is 9.18 Å². The number of carbonyl (C=O) groups excluding carboxylic acids is 1. The van der Waals surface area contributed by atoms with Crippen LogP contribution < -0.4 is 4.74 Å². The minimum absolute atomic E-state index is 0.0563. The number of benzene rings is 1. The summed E-state index contributed by atoms with van der Waals surface area (Å²) >= 11 is 0. The maximum atomic E-state index is 14.2.